The summed E-state index contributed by atoms with van der Waals surface area (Å²) in [5.41, 5.74) is 0.572. The minimum atomic E-state index is -0.785. The quantitative estimate of drug-likeness (QED) is 0.306. The van der Waals surface area contributed by atoms with Gasteiger partial charge in [0.25, 0.3) is 5.69 Å². The molecular formula is C17H16N2O6S2. The van der Waals surface area contributed by atoms with Crippen molar-refractivity contribution in [1.82, 2.24) is 4.90 Å². The Morgan fingerprint density at radius 1 is 1.41 bits per heavy atom. The van der Waals surface area contributed by atoms with Crippen molar-refractivity contribution in [2.45, 2.75) is 31.4 Å². The Kier molecular flexibility index (Phi) is 5.85. The zero-order valence-corrected chi connectivity index (χ0v) is 16.0. The lowest BCUT2D eigenvalue weighted by Gasteiger charge is -2.35. The van der Waals surface area contributed by atoms with E-state index >= 15 is 0 Å². The highest BCUT2D eigenvalue weighted by Gasteiger charge is 2.52. The van der Waals surface area contributed by atoms with Gasteiger partial charge in [-0.1, -0.05) is 17.8 Å². The fraction of sp³-hybridized carbons (Fsp3) is 0.353. The molecule has 1 aromatic rings. The van der Waals surface area contributed by atoms with Crippen molar-refractivity contribution < 1.29 is 24.0 Å². The highest BCUT2D eigenvalue weighted by Crippen LogP contribution is 2.47. The Morgan fingerprint density at radius 3 is 2.70 bits per heavy atom. The lowest BCUT2D eigenvalue weighted by Crippen LogP contribution is -2.54. The normalized spacial score (nSPS) is 22.3. The second-order valence-corrected chi connectivity index (χ2v) is 8.37. The van der Waals surface area contributed by atoms with Crippen LogP contribution in [-0.4, -0.2) is 44.0 Å². The van der Waals surface area contributed by atoms with Gasteiger partial charge in [0.15, 0.2) is 11.2 Å². The predicted molar refractivity (Wildman–Crippen MR) is 101 cm³/mol. The molecule has 0 saturated carbocycles. The number of ether oxygens (including phenoxy) is 1. The van der Waals surface area contributed by atoms with Gasteiger partial charge in [0.05, 0.1) is 16.7 Å². The summed E-state index contributed by atoms with van der Waals surface area (Å²) in [4.78, 5) is 47.9. The molecule has 1 aromatic carbocycles. The molecule has 2 heterocycles. The summed E-state index contributed by atoms with van der Waals surface area (Å²) in [6.07, 6.45) is 2.17. The number of benzene rings is 1. The first-order valence-corrected chi connectivity index (χ1v) is 9.94. The molecule has 2 aliphatic rings. The van der Waals surface area contributed by atoms with Crippen LogP contribution in [0.4, 0.5) is 5.69 Å². The fourth-order valence-electron chi connectivity index (χ4n) is 2.75. The number of rotatable bonds is 6. The van der Waals surface area contributed by atoms with E-state index in [0.717, 1.165) is 11.8 Å². The second-order valence-electron chi connectivity index (χ2n) is 5.92. The van der Waals surface area contributed by atoms with Crippen LogP contribution >= 0.6 is 23.5 Å². The molecule has 0 bridgehead atoms. The number of nitro groups is 1. The SMILES string of the molecule is CC(=O)SCC=C1SC2CC(=O)N2C1C(=O)OCc1ccc([N+](=O)[O-])cc1. The lowest BCUT2D eigenvalue weighted by molar-refractivity contribution is -0.384. The molecule has 10 heteroatoms. The van der Waals surface area contributed by atoms with Crippen LogP contribution in [-0.2, 0) is 25.7 Å². The van der Waals surface area contributed by atoms with Gasteiger partial charge in [0.2, 0.25) is 5.91 Å². The molecule has 0 spiro atoms. The van der Waals surface area contributed by atoms with Gasteiger partial charge in [-0.3, -0.25) is 19.7 Å². The molecule has 1 amide bonds. The number of β-lactam (4-membered cyclic amide) rings is 1. The van der Waals surface area contributed by atoms with Crippen LogP contribution in [0.1, 0.15) is 18.9 Å². The first-order chi connectivity index (χ1) is 12.9. The minimum Gasteiger partial charge on any atom is -0.459 e. The van der Waals surface area contributed by atoms with E-state index in [4.69, 9.17) is 4.74 Å². The number of non-ortho nitro benzene ring substituents is 1. The summed E-state index contributed by atoms with van der Waals surface area (Å²) < 4.78 is 5.34. The van der Waals surface area contributed by atoms with E-state index in [2.05, 4.69) is 0 Å². The number of nitro benzene ring substituents is 1. The molecule has 0 aliphatic carbocycles. The van der Waals surface area contributed by atoms with Crippen LogP contribution in [0, 0.1) is 10.1 Å². The van der Waals surface area contributed by atoms with Crippen LogP contribution in [0.5, 0.6) is 0 Å². The van der Waals surface area contributed by atoms with Gasteiger partial charge in [-0.15, -0.1) is 11.8 Å². The summed E-state index contributed by atoms with van der Waals surface area (Å²) in [6, 6.07) is 4.94. The Bertz CT molecular complexity index is 823. The number of esters is 1. The van der Waals surface area contributed by atoms with Gasteiger partial charge in [0.1, 0.15) is 6.61 Å². The maximum Gasteiger partial charge on any atom is 0.334 e. The minimum absolute atomic E-state index is 0.0218. The molecule has 3 rings (SSSR count). The molecule has 2 unspecified atom stereocenters. The number of fused-ring (bicyclic) bond motifs is 1. The zero-order chi connectivity index (χ0) is 19.6. The van der Waals surface area contributed by atoms with Crippen molar-refractivity contribution in [2.24, 2.45) is 0 Å². The average molecular weight is 408 g/mol. The van der Waals surface area contributed by atoms with Crippen LogP contribution in [0.25, 0.3) is 0 Å². The van der Waals surface area contributed by atoms with Crippen molar-refractivity contribution >= 4 is 46.2 Å². The van der Waals surface area contributed by atoms with Crippen molar-refractivity contribution in [3.63, 3.8) is 0 Å². The molecule has 8 nitrogen and oxygen atoms in total. The van der Waals surface area contributed by atoms with Gasteiger partial charge < -0.3 is 9.64 Å². The summed E-state index contributed by atoms with van der Waals surface area (Å²) in [7, 11) is 0. The predicted octanol–water partition coefficient (Wildman–Crippen LogP) is 2.48. The number of thioether (sulfide) groups is 2. The van der Waals surface area contributed by atoms with Crippen molar-refractivity contribution in [3.8, 4) is 0 Å². The monoisotopic (exact) mass is 408 g/mol. The maximum absolute atomic E-state index is 12.6. The average Bonchev–Trinajstić information content (AvgIpc) is 2.92. The van der Waals surface area contributed by atoms with Gasteiger partial charge in [-0.25, -0.2) is 4.79 Å². The summed E-state index contributed by atoms with van der Waals surface area (Å²) >= 11 is 2.58. The van der Waals surface area contributed by atoms with E-state index in [-0.39, 0.29) is 28.7 Å². The van der Waals surface area contributed by atoms with Crippen molar-refractivity contribution in [1.29, 1.82) is 0 Å². The van der Waals surface area contributed by atoms with Gasteiger partial charge in [0, 0.05) is 29.7 Å². The van der Waals surface area contributed by atoms with E-state index < -0.39 is 16.9 Å². The number of hydrogen-bond acceptors (Lipinski definition) is 8. The molecule has 27 heavy (non-hydrogen) atoms. The Balaban J connectivity index is 1.65. The summed E-state index contributed by atoms with van der Waals surface area (Å²) in [5, 5.41) is 10.6. The Hall–Kier alpha value is -2.33. The highest BCUT2D eigenvalue weighted by atomic mass is 32.2. The third-order valence-corrected chi connectivity index (χ3v) is 6.16. The zero-order valence-electron chi connectivity index (χ0n) is 14.3. The van der Waals surface area contributed by atoms with Gasteiger partial charge >= 0.3 is 5.97 Å². The molecule has 0 aromatic heterocycles. The van der Waals surface area contributed by atoms with Crippen LogP contribution < -0.4 is 0 Å². The third kappa shape index (κ3) is 4.33. The largest absolute Gasteiger partial charge is 0.459 e. The first kappa shape index (κ1) is 19.4. The standard InChI is InChI=1S/C17H16N2O6S2/c1-10(20)26-7-6-13-16(18-14(21)8-15(18)27-13)17(22)25-9-11-2-4-12(5-3-11)19(23)24/h2-6,15-16H,7-9H2,1H3. The molecule has 2 saturated heterocycles. The van der Waals surface area contributed by atoms with Crippen molar-refractivity contribution in [2.75, 3.05) is 5.75 Å². The molecular weight excluding hydrogens is 392 g/mol. The van der Waals surface area contributed by atoms with Crippen LogP contribution in [0.2, 0.25) is 0 Å². The Morgan fingerprint density at radius 2 is 2.11 bits per heavy atom. The molecule has 2 fully saturated rings. The molecule has 0 N–H and O–H groups in total. The number of hydrogen-bond donors (Lipinski definition) is 0. The molecule has 0 radical (unpaired) electrons. The molecule has 142 valence electrons. The van der Waals surface area contributed by atoms with Crippen LogP contribution in [0.3, 0.4) is 0 Å². The van der Waals surface area contributed by atoms with E-state index in [9.17, 15) is 24.5 Å². The maximum atomic E-state index is 12.6. The van der Waals surface area contributed by atoms with Gasteiger partial charge in [-0.2, -0.15) is 0 Å². The third-order valence-electron chi connectivity index (χ3n) is 4.09. The van der Waals surface area contributed by atoms with E-state index in [1.165, 1.54) is 47.9 Å². The Labute approximate surface area is 163 Å². The topological polar surface area (TPSA) is 107 Å². The smallest absolute Gasteiger partial charge is 0.334 e. The first-order valence-electron chi connectivity index (χ1n) is 8.08. The highest BCUT2D eigenvalue weighted by molar-refractivity contribution is 8.13. The number of carbonyl (C=O) groups excluding carboxylic acids is 3. The summed E-state index contributed by atoms with van der Waals surface area (Å²) in [5.74, 6) is -0.221. The van der Waals surface area contributed by atoms with E-state index in [0.29, 0.717) is 22.6 Å². The van der Waals surface area contributed by atoms with Crippen molar-refractivity contribution in [3.05, 3.63) is 50.9 Å². The molecule has 2 aliphatic heterocycles. The number of carbonyl (C=O) groups is 3. The lowest BCUT2D eigenvalue weighted by atomic mass is 10.1. The summed E-state index contributed by atoms with van der Waals surface area (Å²) in [6.45, 7) is 1.43. The second kappa shape index (κ2) is 8.13. The molecule has 2 atom stereocenters. The van der Waals surface area contributed by atoms with E-state index in [1.54, 1.807) is 6.08 Å². The number of nitrogens with zero attached hydrogens (tertiary/aromatic N) is 2. The fourth-order valence-corrected chi connectivity index (χ4v) is 4.76. The number of amides is 1. The van der Waals surface area contributed by atoms with Crippen LogP contribution in [0.15, 0.2) is 35.2 Å². The van der Waals surface area contributed by atoms with Gasteiger partial charge in [-0.05, 0) is 17.7 Å². The van der Waals surface area contributed by atoms with E-state index in [1.807, 2.05) is 0 Å².